The van der Waals surface area contributed by atoms with E-state index < -0.39 is 5.82 Å². The van der Waals surface area contributed by atoms with Crippen LogP contribution in [0.3, 0.4) is 0 Å². The van der Waals surface area contributed by atoms with Gasteiger partial charge in [0.2, 0.25) is 0 Å². The average molecular weight is 174 g/mol. The lowest BCUT2D eigenvalue weighted by Crippen LogP contribution is -1.96. The summed E-state index contributed by atoms with van der Waals surface area (Å²) in [7, 11) is 0. The minimum Gasteiger partial charge on any atom is -0.205 e. The summed E-state index contributed by atoms with van der Waals surface area (Å²) in [6.07, 6.45) is 1.54. The quantitative estimate of drug-likeness (QED) is 0.632. The Labute approximate surface area is 77.1 Å². The first kappa shape index (κ1) is 9.47. The minimum atomic E-state index is -0.495. The topological polar surface area (TPSA) is 23.8 Å². The molecule has 0 aliphatic carbocycles. The fourth-order valence-electron chi connectivity index (χ4n) is 1.05. The van der Waals surface area contributed by atoms with Crippen molar-refractivity contribution < 1.29 is 4.39 Å². The van der Waals surface area contributed by atoms with Crippen LogP contribution in [0, 0.1) is 24.1 Å². The summed E-state index contributed by atoms with van der Waals surface area (Å²) < 4.78 is 13.4. The zero-order chi connectivity index (χ0) is 9.84. The molecule has 1 unspecified atom stereocenters. The molecule has 0 aromatic heterocycles. The Hall–Kier alpha value is -1.62. The molecule has 1 aromatic rings. The van der Waals surface area contributed by atoms with Crippen molar-refractivity contribution in [1.29, 1.82) is 5.26 Å². The molecule has 0 N–H and O–H groups in total. The Morgan fingerprint density at radius 2 is 2.23 bits per heavy atom. The van der Waals surface area contributed by atoms with Crippen LogP contribution in [0.4, 0.5) is 4.39 Å². The van der Waals surface area contributed by atoms with E-state index in [1.807, 2.05) is 0 Å². The van der Waals surface area contributed by atoms with Gasteiger partial charge in [-0.3, -0.25) is 0 Å². The molecule has 0 aliphatic rings. The molecule has 0 amide bonds. The number of nitrogens with zero attached hydrogens (tertiary/aromatic N) is 1. The van der Waals surface area contributed by atoms with Crippen LogP contribution in [0.15, 0.2) is 30.9 Å². The van der Waals surface area contributed by atoms with Crippen molar-refractivity contribution in [2.24, 2.45) is 0 Å². The van der Waals surface area contributed by atoms with Crippen LogP contribution >= 0.6 is 0 Å². The van der Waals surface area contributed by atoms with Gasteiger partial charge in [-0.15, -0.1) is 6.58 Å². The number of hydrogen-bond acceptors (Lipinski definition) is 1. The van der Waals surface area contributed by atoms with Crippen molar-refractivity contribution in [3.8, 4) is 6.07 Å². The lowest BCUT2D eigenvalue weighted by atomic mass is 9.99. The third-order valence-corrected chi connectivity index (χ3v) is 1.83. The Balaban J connectivity index is 3.25. The molecule has 2 heteroatoms. The van der Waals surface area contributed by atoms with Crippen molar-refractivity contribution in [2.45, 2.75) is 5.92 Å². The molecule has 0 fully saturated rings. The minimum absolute atomic E-state index is 0.0491. The second kappa shape index (κ2) is 3.86. The van der Waals surface area contributed by atoms with Crippen molar-refractivity contribution in [2.75, 3.05) is 0 Å². The van der Waals surface area contributed by atoms with Crippen LogP contribution in [-0.2, 0) is 0 Å². The highest BCUT2D eigenvalue weighted by atomic mass is 19.1. The van der Waals surface area contributed by atoms with Crippen LogP contribution in [0.25, 0.3) is 0 Å². The fourth-order valence-corrected chi connectivity index (χ4v) is 1.05. The first-order valence-corrected chi connectivity index (χ1v) is 3.85. The molecular formula is C11H9FN. The Kier molecular flexibility index (Phi) is 2.81. The molecular weight excluding hydrogens is 165 g/mol. The van der Waals surface area contributed by atoms with Gasteiger partial charge in [0.15, 0.2) is 0 Å². The molecule has 1 rings (SSSR count). The third kappa shape index (κ3) is 1.75. The van der Waals surface area contributed by atoms with Crippen molar-refractivity contribution >= 4 is 0 Å². The van der Waals surface area contributed by atoms with Crippen molar-refractivity contribution in [3.05, 3.63) is 54.7 Å². The van der Waals surface area contributed by atoms with E-state index in [9.17, 15) is 4.39 Å². The van der Waals surface area contributed by atoms with E-state index in [2.05, 4.69) is 13.5 Å². The molecule has 0 saturated heterocycles. The average Bonchev–Trinajstić information content (AvgIpc) is 2.17. The highest BCUT2D eigenvalue weighted by Gasteiger charge is 2.10. The Morgan fingerprint density at radius 3 is 2.77 bits per heavy atom. The monoisotopic (exact) mass is 174 g/mol. The van der Waals surface area contributed by atoms with E-state index in [0.717, 1.165) is 0 Å². The second-order valence-corrected chi connectivity index (χ2v) is 2.66. The number of halogens is 1. The molecule has 0 spiro atoms. The summed E-state index contributed by atoms with van der Waals surface area (Å²) in [5.41, 5.74) is 0.460. The van der Waals surface area contributed by atoms with Crippen LogP contribution in [0.5, 0.6) is 0 Å². The van der Waals surface area contributed by atoms with Gasteiger partial charge < -0.3 is 0 Å². The summed E-state index contributed by atoms with van der Waals surface area (Å²) in [4.78, 5) is 0. The lowest BCUT2D eigenvalue weighted by molar-refractivity contribution is 0.606. The SMILES string of the molecule is [CH2]C(C=C)c1cccc(C#N)c1F. The molecule has 13 heavy (non-hydrogen) atoms. The highest BCUT2D eigenvalue weighted by molar-refractivity contribution is 5.38. The summed E-state index contributed by atoms with van der Waals surface area (Å²) in [5, 5.41) is 8.56. The second-order valence-electron chi connectivity index (χ2n) is 2.66. The van der Waals surface area contributed by atoms with Gasteiger partial charge in [0.05, 0.1) is 5.56 Å². The van der Waals surface area contributed by atoms with Crippen LogP contribution in [-0.4, -0.2) is 0 Å². The van der Waals surface area contributed by atoms with E-state index >= 15 is 0 Å². The van der Waals surface area contributed by atoms with E-state index in [-0.39, 0.29) is 11.5 Å². The van der Waals surface area contributed by atoms with Crippen molar-refractivity contribution in [1.82, 2.24) is 0 Å². The largest absolute Gasteiger partial charge is 0.205 e. The third-order valence-electron chi connectivity index (χ3n) is 1.83. The number of allylic oxidation sites excluding steroid dienone is 1. The Morgan fingerprint density at radius 1 is 1.54 bits per heavy atom. The van der Waals surface area contributed by atoms with E-state index in [1.165, 1.54) is 6.07 Å². The molecule has 0 aliphatic heterocycles. The van der Waals surface area contributed by atoms with Crippen LogP contribution in [0.2, 0.25) is 0 Å². The molecule has 1 radical (unpaired) electrons. The molecule has 0 heterocycles. The zero-order valence-electron chi connectivity index (χ0n) is 7.13. The first-order valence-electron chi connectivity index (χ1n) is 3.85. The predicted molar refractivity (Wildman–Crippen MR) is 49.4 cm³/mol. The normalized spacial score (nSPS) is 11.8. The van der Waals surface area contributed by atoms with Gasteiger partial charge in [0, 0.05) is 5.92 Å². The summed E-state index contributed by atoms with van der Waals surface area (Å²) in [5.74, 6) is -0.807. The Bertz CT molecular complexity index is 363. The lowest BCUT2D eigenvalue weighted by Gasteiger charge is -2.07. The molecule has 0 saturated carbocycles. The maximum Gasteiger partial charge on any atom is 0.144 e. The molecule has 1 aromatic carbocycles. The van der Waals surface area contributed by atoms with Gasteiger partial charge in [-0.2, -0.15) is 5.26 Å². The van der Waals surface area contributed by atoms with Crippen LogP contribution in [0.1, 0.15) is 17.0 Å². The smallest absolute Gasteiger partial charge is 0.144 e. The first-order chi connectivity index (χ1) is 6.20. The van der Waals surface area contributed by atoms with E-state index in [0.29, 0.717) is 5.56 Å². The highest BCUT2D eigenvalue weighted by Crippen LogP contribution is 2.21. The summed E-state index contributed by atoms with van der Waals surface area (Å²) in [6, 6.07) is 6.46. The van der Waals surface area contributed by atoms with Crippen LogP contribution < -0.4 is 0 Å². The standard InChI is InChI=1S/C11H9FN/c1-3-8(2)10-6-4-5-9(7-13)11(10)12/h3-6,8H,1-2H2. The fraction of sp³-hybridized carbons (Fsp3) is 0.0909. The molecule has 1 atom stereocenters. The van der Waals surface area contributed by atoms with Crippen molar-refractivity contribution in [3.63, 3.8) is 0 Å². The zero-order valence-corrected chi connectivity index (χ0v) is 7.13. The number of benzene rings is 1. The van der Waals surface area contributed by atoms with E-state index in [4.69, 9.17) is 5.26 Å². The molecule has 1 nitrogen and oxygen atoms in total. The maximum absolute atomic E-state index is 13.4. The van der Waals surface area contributed by atoms with E-state index in [1.54, 1.807) is 24.3 Å². The van der Waals surface area contributed by atoms with Gasteiger partial charge in [-0.25, -0.2) is 4.39 Å². The van der Waals surface area contributed by atoms with Gasteiger partial charge in [0.25, 0.3) is 0 Å². The summed E-state index contributed by atoms with van der Waals surface area (Å²) in [6.45, 7) is 7.22. The van der Waals surface area contributed by atoms with Gasteiger partial charge >= 0.3 is 0 Å². The molecule has 0 bridgehead atoms. The van der Waals surface area contributed by atoms with Gasteiger partial charge in [-0.05, 0) is 18.6 Å². The predicted octanol–water partition coefficient (Wildman–Crippen LogP) is 2.80. The summed E-state index contributed by atoms with van der Waals surface area (Å²) >= 11 is 0. The number of hydrogen-bond donors (Lipinski definition) is 0. The molecule has 65 valence electrons. The number of nitriles is 1. The van der Waals surface area contributed by atoms with Gasteiger partial charge in [-0.1, -0.05) is 18.2 Å². The number of rotatable bonds is 2. The maximum atomic E-state index is 13.4. The van der Waals surface area contributed by atoms with Gasteiger partial charge in [0.1, 0.15) is 11.9 Å².